The summed E-state index contributed by atoms with van der Waals surface area (Å²) in [7, 11) is 0. The number of hydrogen-bond donors (Lipinski definition) is 2. The summed E-state index contributed by atoms with van der Waals surface area (Å²) in [4.78, 5) is 35.7. The molecule has 0 unspecified atom stereocenters. The first-order chi connectivity index (χ1) is 8.69. The van der Waals surface area contributed by atoms with Crippen molar-refractivity contribution in [3.05, 3.63) is 64.1 Å². The van der Waals surface area contributed by atoms with Crippen LogP contribution >= 0.6 is 0 Å². The van der Waals surface area contributed by atoms with Gasteiger partial charge in [0.15, 0.2) is 0 Å². The van der Waals surface area contributed by atoms with Crippen LogP contribution in [-0.4, -0.2) is 17.2 Å². The summed E-state index contributed by atoms with van der Waals surface area (Å²) in [5.74, 6) is -0.353. The standard InChI is InChI=1S/C13H10N2O3/c16-8-9-2-1-3-11(6-9)15-13(18)10-4-5-12(17)14-7-10/h1-8H,(H,14,17)(H,15,18). The number of hydrogen-bond acceptors (Lipinski definition) is 3. The van der Waals surface area contributed by atoms with Crippen LogP contribution < -0.4 is 10.9 Å². The van der Waals surface area contributed by atoms with E-state index in [1.165, 1.54) is 18.3 Å². The SMILES string of the molecule is O=Cc1cccc(NC(=O)c2ccc(=O)[nH]c2)c1. The fraction of sp³-hybridized carbons (Fsp3) is 0. The third-order valence-electron chi connectivity index (χ3n) is 2.33. The maximum atomic E-state index is 11.8. The smallest absolute Gasteiger partial charge is 0.257 e. The van der Waals surface area contributed by atoms with Crippen molar-refractivity contribution in [1.29, 1.82) is 0 Å². The van der Waals surface area contributed by atoms with Crippen LogP contribution in [0.25, 0.3) is 0 Å². The fourth-order valence-corrected chi connectivity index (χ4v) is 1.44. The molecule has 0 aliphatic heterocycles. The quantitative estimate of drug-likeness (QED) is 0.799. The Morgan fingerprint density at radius 3 is 2.72 bits per heavy atom. The lowest BCUT2D eigenvalue weighted by Crippen LogP contribution is -2.14. The fourth-order valence-electron chi connectivity index (χ4n) is 1.44. The second-order valence-corrected chi connectivity index (χ2v) is 3.64. The molecular weight excluding hydrogens is 232 g/mol. The highest BCUT2D eigenvalue weighted by atomic mass is 16.2. The Labute approximate surface area is 102 Å². The highest BCUT2D eigenvalue weighted by Gasteiger charge is 2.05. The summed E-state index contributed by atoms with van der Waals surface area (Å²) in [6.45, 7) is 0. The number of aromatic nitrogens is 1. The molecule has 2 N–H and O–H groups in total. The zero-order valence-electron chi connectivity index (χ0n) is 9.34. The average Bonchev–Trinajstić information content (AvgIpc) is 2.39. The van der Waals surface area contributed by atoms with Crippen molar-refractivity contribution in [3.8, 4) is 0 Å². The molecule has 1 aromatic heterocycles. The second-order valence-electron chi connectivity index (χ2n) is 3.64. The number of H-pyrrole nitrogens is 1. The summed E-state index contributed by atoms with van der Waals surface area (Å²) in [6, 6.07) is 9.26. The third-order valence-corrected chi connectivity index (χ3v) is 2.33. The maximum Gasteiger partial charge on any atom is 0.257 e. The number of nitrogens with one attached hydrogen (secondary N) is 2. The van der Waals surface area contributed by atoms with Gasteiger partial charge in [0.1, 0.15) is 6.29 Å². The summed E-state index contributed by atoms with van der Waals surface area (Å²) in [6.07, 6.45) is 2.04. The van der Waals surface area contributed by atoms with Gasteiger partial charge >= 0.3 is 0 Å². The van der Waals surface area contributed by atoms with Crippen molar-refractivity contribution in [2.24, 2.45) is 0 Å². The molecule has 0 saturated heterocycles. The Kier molecular flexibility index (Phi) is 3.33. The molecule has 0 saturated carbocycles. The van der Waals surface area contributed by atoms with Gasteiger partial charge < -0.3 is 10.3 Å². The molecule has 1 amide bonds. The topological polar surface area (TPSA) is 79.0 Å². The molecule has 5 nitrogen and oxygen atoms in total. The molecule has 0 atom stereocenters. The van der Waals surface area contributed by atoms with Crippen LogP contribution in [0.1, 0.15) is 20.7 Å². The van der Waals surface area contributed by atoms with Gasteiger partial charge in [-0.2, -0.15) is 0 Å². The van der Waals surface area contributed by atoms with Gasteiger partial charge in [-0.15, -0.1) is 0 Å². The van der Waals surface area contributed by atoms with Gasteiger partial charge in [-0.05, 0) is 18.2 Å². The molecule has 0 radical (unpaired) electrons. The monoisotopic (exact) mass is 242 g/mol. The first-order valence-electron chi connectivity index (χ1n) is 5.24. The first kappa shape index (κ1) is 11.8. The lowest BCUT2D eigenvalue weighted by Gasteiger charge is -2.05. The average molecular weight is 242 g/mol. The summed E-state index contributed by atoms with van der Waals surface area (Å²) >= 11 is 0. The Morgan fingerprint density at radius 1 is 1.22 bits per heavy atom. The van der Waals surface area contributed by atoms with Gasteiger partial charge in [-0.25, -0.2) is 0 Å². The van der Waals surface area contributed by atoms with E-state index >= 15 is 0 Å². The van der Waals surface area contributed by atoms with Gasteiger partial charge in [0.05, 0.1) is 5.56 Å². The predicted molar refractivity (Wildman–Crippen MR) is 66.8 cm³/mol. The summed E-state index contributed by atoms with van der Waals surface area (Å²) < 4.78 is 0. The van der Waals surface area contributed by atoms with E-state index in [-0.39, 0.29) is 11.5 Å². The largest absolute Gasteiger partial charge is 0.328 e. The number of pyridine rings is 1. The molecule has 5 heteroatoms. The van der Waals surface area contributed by atoms with E-state index in [2.05, 4.69) is 10.3 Å². The van der Waals surface area contributed by atoms with Crippen LogP contribution in [0.3, 0.4) is 0 Å². The number of aromatic amines is 1. The zero-order valence-corrected chi connectivity index (χ0v) is 9.34. The molecule has 0 spiro atoms. The van der Waals surface area contributed by atoms with Crippen LogP contribution in [0.5, 0.6) is 0 Å². The molecule has 0 aliphatic rings. The Morgan fingerprint density at radius 2 is 2.06 bits per heavy atom. The minimum atomic E-state index is -0.353. The van der Waals surface area contributed by atoms with Crippen LogP contribution in [0.4, 0.5) is 5.69 Å². The van der Waals surface area contributed by atoms with E-state index in [0.717, 1.165) is 0 Å². The summed E-state index contributed by atoms with van der Waals surface area (Å²) in [5.41, 5.74) is 1.07. The van der Waals surface area contributed by atoms with E-state index < -0.39 is 0 Å². The number of carbonyl (C=O) groups excluding carboxylic acids is 2. The normalized spacial score (nSPS) is 9.78. The van der Waals surface area contributed by atoms with Crippen LogP contribution in [0.15, 0.2) is 47.4 Å². The van der Waals surface area contributed by atoms with Crippen LogP contribution in [-0.2, 0) is 0 Å². The maximum absolute atomic E-state index is 11.8. The molecule has 1 aromatic carbocycles. The minimum Gasteiger partial charge on any atom is -0.328 e. The van der Waals surface area contributed by atoms with E-state index in [4.69, 9.17) is 0 Å². The van der Waals surface area contributed by atoms with Gasteiger partial charge in [0.2, 0.25) is 5.56 Å². The van der Waals surface area contributed by atoms with Crippen molar-refractivity contribution in [1.82, 2.24) is 4.98 Å². The third kappa shape index (κ3) is 2.70. The number of benzene rings is 1. The van der Waals surface area contributed by atoms with Gasteiger partial charge in [0, 0.05) is 23.5 Å². The van der Waals surface area contributed by atoms with E-state index in [0.29, 0.717) is 23.1 Å². The van der Waals surface area contributed by atoms with Crippen molar-refractivity contribution in [3.63, 3.8) is 0 Å². The van der Waals surface area contributed by atoms with Crippen LogP contribution in [0.2, 0.25) is 0 Å². The molecule has 0 bridgehead atoms. The number of amides is 1. The lowest BCUT2D eigenvalue weighted by atomic mass is 10.2. The van der Waals surface area contributed by atoms with Crippen molar-refractivity contribution >= 4 is 17.9 Å². The summed E-state index contributed by atoms with van der Waals surface area (Å²) in [5, 5.41) is 2.63. The molecule has 18 heavy (non-hydrogen) atoms. The number of rotatable bonds is 3. The molecule has 0 aliphatic carbocycles. The first-order valence-corrected chi connectivity index (χ1v) is 5.24. The van der Waals surface area contributed by atoms with E-state index in [9.17, 15) is 14.4 Å². The van der Waals surface area contributed by atoms with Gasteiger partial charge in [0.25, 0.3) is 5.91 Å². The van der Waals surface area contributed by atoms with E-state index in [1.807, 2.05) is 0 Å². The Bertz CT molecular complexity index is 626. The highest BCUT2D eigenvalue weighted by Crippen LogP contribution is 2.10. The van der Waals surface area contributed by atoms with Gasteiger partial charge in [-0.3, -0.25) is 14.4 Å². The molecule has 2 aromatic rings. The predicted octanol–water partition coefficient (Wildman–Crippen LogP) is 1.44. The Hall–Kier alpha value is -2.69. The number of anilines is 1. The molecule has 90 valence electrons. The minimum absolute atomic E-state index is 0.269. The molecule has 2 rings (SSSR count). The molecule has 0 fully saturated rings. The number of aldehydes is 1. The van der Waals surface area contributed by atoms with Crippen molar-refractivity contribution < 1.29 is 9.59 Å². The number of carbonyl (C=O) groups is 2. The van der Waals surface area contributed by atoms with Gasteiger partial charge in [-0.1, -0.05) is 12.1 Å². The lowest BCUT2D eigenvalue weighted by molar-refractivity contribution is 0.102. The molecule has 1 heterocycles. The second kappa shape index (κ2) is 5.09. The van der Waals surface area contributed by atoms with E-state index in [1.54, 1.807) is 24.3 Å². The van der Waals surface area contributed by atoms with Crippen molar-refractivity contribution in [2.45, 2.75) is 0 Å². The zero-order chi connectivity index (χ0) is 13.0. The Balaban J connectivity index is 2.18. The van der Waals surface area contributed by atoms with Crippen molar-refractivity contribution in [2.75, 3.05) is 5.32 Å². The highest BCUT2D eigenvalue weighted by molar-refractivity contribution is 6.04. The van der Waals surface area contributed by atoms with Crippen LogP contribution in [0, 0.1) is 0 Å². The molecular formula is C13H10N2O3.